The molecule has 0 radical (unpaired) electrons. The van der Waals surface area contributed by atoms with Crippen LogP contribution in [0.1, 0.15) is 12.8 Å². The predicted octanol–water partition coefficient (Wildman–Crippen LogP) is 1.30. The molecular formula is C7H12F3NO. The fraction of sp³-hybridized carbons (Fsp3) is 1.00. The zero-order valence-electron chi connectivity index (χ0n) is 6.60. The van der Waals surface area contributed by atoms with Gasteiger partial charge in [-0.15, -0.1) is 0 Å². The van der Waals surface area contributed by atoms with Crippen LogP contribution in [0.3, 0.4) is 0 Å². The van der Waals surface area contributed by atoms with Gasteiger partial charge in [0.25, 0.3) is 0 Å². The summed E-state index contributed by atoms with van der Waals surface area (Å²) in [4.78, 5) is 0. The molecule has 0 saturated carbocycles. The highest BCUT2D eigenvalue weighted by atomic mass is 19.4. The first-order valence-corrected chi connectivity index (χ1v) is 3.89. The molecule has 0 aromatic heterocycles. The first-order chi connectivity index (χ1) is 5.49. The number of ether oxygens (including phenoxy) is 1. The van der Waals surface area contributed by atoms with E-state index in [0.717, 1.165) is 0 Å². The van der Waals surface area contributed by atoms with E-state index < -0.39 is 18.6 Å². The third-order valence-electron chi connectivity index (χ3n) is 2.04. The number of halogens is 3. The van der Waals surface area contributed by atoms with Crippen molar-refractivity contribution in [1.29, 1.82) is 0 Å². The molecule has 0 aliphatic carbocycles. The summed E-state index contributed by atoms with van der Waals surface area (Å²) in [6, 6.07) is -0.799. The molecule has 0 bridgehead atoms. The van der Waals surface area contributed by atoms with Gasteiger partial charge in [-0.1, -0.05) is 0 Å². The Balaban J connectivity index is 2.31. The van der Waals surface area contributed by atoms with Crippen molar-refractivity contribution in [1.82, 2.24) is 0 Å². The highest BCUT2D eigenvalue weighted by molar-refractivity contribution is 4.78. The second kappa shape index (κ2) is 3.62. The van der Waals surface area contributed by atoms with Gasteiger partial charge in [0.05, 0.1) is 13.0 Å². The normalized spacial score (nSPS) is 27.5. The summed E-state index contributed by atoms with van der Waals surface area (Å²) < 4.78 is 40.5. The molecule has 12 heavy (non-hydrogen) atoms. The molecular weight excluding hydrogens is 171 g/mol. The second-order valence-corrected chi connectivity index (χ2v) is 3.11. The Morgan fingerprint density at radius 2 is 2.17 bits per heavy atom. The van der Waals surface area contributed by atoms with Crippen LogP contribution in [-0.2, 0) is 4.74 Å². The van der Waals surface area contributed by atoms with Gasteiger partial charge in [-0.3, -0.25) is 0 Å². The smallest absolute Gasteiger partial charge is 0.381 e. The number of rotatable bonds is 2. The van der Waals surface area contributed by atoms with Crippen LogP contribution in [0.2, 0.25) is 0 Å². The van der Waals surface area contributed by atoms with Gasteiger partial charge in [0, 0.05) is 12.6 Å². The van der Waals surface area contributed by atoms with Crippen molar-refractivity contribution < 1.29 is 17.9 Å². The summed E-state index contributed by atoms with van der Waals surface area (Å²) in [6.07, 6.45) is -4.40. The van der Waals surface area contributed by atoms with Crippen molar-refractivity contribution in [2.45, 2.75) is 25.1 Å². The quantitative estimate of drug-likeness (QED) is 0.700. The SMILES string of the molecule is NC(CC(F)(F)F)C1CCOC1. The Morgan fingerprint density at radius 1 is 1.50 bits per heavy atom. The molecule has 2 unspecified atom stereocenters. The maximum Gasteiger partial charge on any atom is 0.390 e. The Morgan fingerprint density at radius 3 is 2.58 bits per heavy atom. The molecule has 1 aliphatic heterocycles. The molecule has 0 spiro atoms. The van der Waals surface area contributed by atoms with E-state index in [1.54, 1.807) is 0 Å². The number of alkyl halides is 3. The molecule has 0 amide bonds. The number of nitrogens with two attached hydrogens (primary N) is 1. The molecule has 2 N–H and O–H groups in total. The van der Waals surface area contributed by atoms with E-state index in [1.807, 2.05) is 0 Å². The monoisotopic (exact) mass is 183 g/mol. The second-order valence-electron chi connectivity index (χ2n) is 3.11. The zero-order chi connectivity index (χ0) is 9.19. The molecule has 2 atom stereocenters. The van der Waals surface area contributed by atoms with Crippen LogP contribution >= 0.6 is 0 Å². The Labute approximate surface area is 68.9 Å². The molecule has 1 heterocycles. The summed E-state index contributed by atoms with van der Waals surface area (Å²) in [6.45, 7) is 0.910. The van der Waals surface area contributed by atoms with Crippen LogP contribution in [0.4, 0.5) is 13.2 Å². The maximum atomic E-state index is 11.8. The van der Waals surface area contributed by atoms with Crippen molar-refractivity contribution in [3.05, 3.63) is 0 Å². The molecule has 0 aromatic carbocycles. The van der Waals surface area contributed by atoms with Crippen LogP contribution in [0.15, 0.2) is 0 Å². The number of hydrogen-bond acceptors (Lipinski definition) is 2. The van der Waals surface area contributed by atoms with E-state index in [0.29, 0.717) is 19.6 Å². The van der Waals surface area contributed by atoms with Crippen LogP contribution < -0.4 is 5.73 Å². The molecule has 72 valence electrons. The predicted molar refractivity (Wildman–Crippen MR) is 37.6 cm³/mol. The van der Waals surface area contributed by atoms with Crippen molar-refractivity contribution in [2.24, 2.45) is 11.7 Å². The maximum absolute atomic E-state index is 11.8. The van der Waals surface area contributed by atoms with Crippen LogP contribution in [0.25, 0.3) is 0 Å². The first kappa shape index (κ1) is 9.80. The lowest BCUT2D eigenvalue weighted by Gasteiger charge is -2.18. The van der Waals surface area contributed by atoms with E-state index >= 15 is 0 Å². The average molecular weight is 183 g/mol. The minimum atomic E-state index is -4.15. The summed E-state index contributed by atoms with van der Waals surface area (Å²) in [5.74, 6) is -0.119. The van der Waals surface area contributed by atoms with Gasteiger partial charge in [-0.25, -0.2) is 0 Å². The van der Waals surface area contributed by atoms with Crippen LogP contribution in [-0.4, -0.2) is 25.4 Å². The van der Waals surface area contributed by atoms with Gasteiger partial charge in [0.2, 0.25) is 0 Å². The average Bonchev–Trinajstić information content (AvgIpc) is 2.32. The third kappa shape index (κ3) is 2.98. The highest BCUT2D eigenvalue weighted by Crippen LogP contribution is 2.26. The van der Waals surface area contributed by atoms with E-state index in [4.69, 9.17) is 10.5 Å². The standard InChI is InChI=1S/C7H12F3NO/c8-7(9,10)3-6(11)5-1-2-12-4-5/h5-6H,1-4,11H2. The fourth-order valence-corrected chi connectivity index (χ4v) is 1.32. The van der Waals surface area contributed by atoms with Crippen LogP contribution in [0, 0.1) is 5.92 Å². The summed E-state index contributed by atoms with van der Waals surface area (Å²) >= 11 is 0. The van der Waals surface area contributed by atoms with Crippen LogP contribution in [0.5, 0.6) is 0 Å². The molecule has 5 heteroatoms. The zero-order valence-corrected chi connectivity index (χ0v) is 6.60. The molecule has 1 fully saturated rings. The Kier molecular flexibility index (Phi) is 2.95. The van der Waals surface area contributed by atoms with Gasteiger partial charge in [-0.2, -0.15) is 13.2 Å². The third-order valence-corrected chi connectivity index (χ3v) is 2.04. The molecule has 1 saturated heterocycles. The minimum absolute atomic E-state index is 0.119. The van der Waals surface area contributed by atoms with E-state index in [2.05, 4.69) is 0 Å². The lowest BCUT2D eigenvalue weighted by atomic mass is 9.97. The molecule has 1 rings (SSSR count). The fourth-order valence-electron chi connectivity index (χ4n) is 1.32. The van der Waals surface area contributed by atoms with E-state index in [1.165, 1.54) is 0 Å². The molecule has 0 aromatic rings. The topological polar surface area (TPSA) is 35.2 Å². The summed E-state index contributed by atoms with van der Waals surface area (Å²) in [7, 11) is 0. The molecule has 1 aliphatic rings. The largest absolute Gasteiger partial charge is 0.390 e. The van der Waals surface area contributed by atoms with Crippen molar-refractivity contribution in [3.63, 3.8) is 0 Å². The molecule has 2 nitrogen and oxygen atoms in total. The van der Waals surface area contributed by atoms with Crippen molar-refractivity contribution >= 4 is 0 Å². The first-order valence-electron chi connectivity index (χ1n) is 3.89. The van der Waals surface area contributed by atoms with Gasteiger partial charge in [0.1, 0.15) is 0 Å². The summed E-state index contributed by atoms with van der Waals surface area (Å²) in [5, 5.41) is 0. The van der Waals surface area contributed by atoms with Gasteiger partial charge < -0.3 is 10.5 Å². The van der Waals surface area contributed by atoms with Gasteiger partial charge in [0.15, 0.2) is 0 Å². The lowest BCUT2D eigenvalue weighted by molar-refractivity contribution is -0.140. The van der Waals surface area contributed by atoms with Gasteiger partial charge >= 0.3 is 6.18 Å². The Bertz CT molecular complexity index is 142. The highest BCUT2D eigenvalue weighted by Gasteiger charge is 2.34. The van der Waals surface area contributed by atoms with Gasteiger partial charge in [-0.05, 0) is 12.3 Å². The van der Waals surface area contributed by atoms with E-state index in [-0.39, 0.29) is 5.92 Å². The lowest BCUT2D eigenvalue weighted by Crippen LogP contribution is -2.35. The number of hydrogen-bond donors (Lipinski definition) is 1. The minimum Gasteiger partial charge on any atom is -0.381 e. The Hall–Kier alpha value is -0.290. The van der Waals surface area contributed by atoms with Crippen molar-refractivity contribution in [3.8, 4) is 0 Å². The van der Waals surface area contributed by atoms with E-state index in [9.17, 15) is 13.2 Å². The van der Waals surface area contributed by atoms with Crippen molar-refractivity contribution in [2.75, 3.05) is 13.2 Å². The summed E-state index contributed by atoms with van der Waals surface area (Å²) in [5.41, 5.74) is 5.37.